The number of halogens is 1. The lowest BCUT2D eigenvalue weighted by molar-refractivity contribution is -0.384. The molecule has 2 aromatic rings. The Labute approximate surface area is 147 Å². The molecule has 0 aliphatic carbocycles. The van der Waals surface area contributed by atoms with E-state index in [1.54, 1.807) is 0 Å². The van der Waals surface area contributed by atoms with Crippen molar-refractivity contribution in [1.82, 2.24) is 0 Å². The SMILES string of the molecule is COC(=O)Nc1cc(NC(=O)/C=C/c2ccc([N+](=O)[O-])cc2)ccc1F. The molecule has 8 nitrogen and oxygen atoms in total. The Morgan fingerprint density at radius 2 is 1.85 bits per heavy atom. The van der Waals surface area contributed by atoms with E-state index in [9.17, 15) is 24.1 Å². The third-order valence-electron chi connectivity index (χ3n) is 3.19. The number of rotatable bonds is 5. The molecular formula is C17H14FN3O5. The molecule has 0 spiro atoms. The van der Waals surface area contributed by atoms with Crippen molar-refractivity contribution in [2.45, 2.75) is 0 Å². The minimum Gasteiger partial charge on any atom is -0.453 e. The average molecular weight is 359 g/mol. The van der Waals surface area contributed by atoms with Gasteiger partial charge in [-0.05, 0) is 42.0 Å². The molecular weight excluding hydrogens is 345 g/mol. The highest BCUT2D eigenvalue weighted by molar-refractivity contribution is 6.02. The lowest BCUT2D eigenvalue weighted by Crippen LogP contribution is -2.13. The van der Waals surface area contributed by atoms with E-state index in [4.69, 9.17) is 0 Å². The number of hydrogen-bond acceptors (Lipinski definition) is 5. The van der Waals surface area contributed by atoms with E-state index in [0.29, 0.717) is 5.56 Å². The Bertz CT molecular complexity index is 865. The van der Waals surface area contributed by atoms with Gasteiger partial charge in [0, 0.05) is 23.9 Å². The van der Waals surface area contributed by atoms with Crippen molar-refractivity contribution in [3.05, 3.63) is 70.0 Å². The number of non-ortho nitro benzene ring substituents is 1. The Morgan fingerprint density at radius 1 is 1.15 bits per heavy atom. The fourth-order valence-corrected chi connectivity index (χ4v) is 1.92. The van der Waals surface area contributed by atoms with Gasteiger partial charge in [0.2, 0.25) is 5.91 Å². The maximum absolute atomic E-state index is 13.6. The number of hydrogen-bond donors (Lipinski definition) is 2. The average Bonchev–Trinajstić information content (AvgIpc) is 2.63. The maximum Gasteiger partial charge on any atom is 0.411 e. The number of benzene rings is 2. The van der Waals surface area contributed by atoms with Crippen LogP contribution in [0.15, 0.2) is 48.5 Å². The highest BCUT2D eigenvalue weighted by Crippen LogP contribution is 2.20. The number of nitro benzene ring substituents is 1. The van der Waals surface area contributed by atoms with Crippen LogP contribution in [-0.2, 0) is 9.53 Å². The van der Waals surface area contributed by atoms with E-state index in [-0.39, 0.29) is 17.1 Å². The molecule has 0 aliphatic heterocycles. The van der Waals surface area contributed by atoms with Gasteiger partial charge < -0.3 is 10.1 Å². The summed E-state index contributed by atoms with van der Waals surface area (Å²) in [7, 11) is 1.14. The lowest BCUT2D eigenvalue weighted by atomic mass is 10.2. The summed E-state index contributed by atoms with van der Waals surface area (Å²) < 4.78 is 18.0. The van der Waals surface area contributed by atoms with Gasteiger partial charge in [-0.1, -0.05) is 0 Å². The van der Waals surface area contributed by atoms with Gasteiger partial charge in [0.25, 0.3) is 5.69 Å². The summed E-state index contributed by atoms with van der Waals surface area (Å²) in [6.07, 6.45) is 1.85. The molecule has 0 fully saturated rings. The molecule has 2 N–H and O–H groups in total. The quantitative estimate of drug-likeness (QED) is 0.482. The highest BCUT2D eigenvalue weighted by Gasteiger charge is 2.09. The molecule has 2 aromatic carbocycles. The summed E-state index contributed by atoms with van der Waals surface area (Å²) in [5.41, 5.74) is 0.659. The summed E-state index contributed by atoms with van der Waals surface area (Å²) in [5, 5.41) is 15.3. The van der Waals surface area contributed by atoms with Gasteiger partial charge in [0.15, 0.2) is 0 Å². The second-order valence-corrected chi connectivity index (χ2v) is 4.98. The minimum absolute atomic E-state index is 0.0523. The molecule has 0 saturated carbocycles. The summed E-state index contributed by atoms with van der Waals surface area (Å²) in [6.45, 7) is 0. The number of nitro groups is 1. The number of carbonyl (C=O) groups excluding carboxylic acids is 2. The first-order valence-electron chi connectivity index (χ1n) is 7.27. The van der Waals surface area contributed by atoms with Gasteiger partial charge in [-0.25, -0.2) is 9.18 Å². The fraction of sp³-hybridized carbons (Fsp3) is 0.0588. The normalized spacial score (nSPS) is 10.4. The van der Waals surface area contributed by atoms with Crippen molar-refractivity contribution in [3.8, 4) is 0 Å². The van der Waals surface area contributed by atoms with Crippen molar-refractivity contribution in [1.29, 1.82) is 0 Å². The number of nitrogens with one attached hydrogen (secondary N) is 2. The maximum atomic E-state index is 13.6. The monoisotopic (exact) mass is 359 g/mol. The molecule has 9 heteroatoms. The van der Waals surface area contributed by atoms with Crippen molar-refractivity contribution < 1.29 is 23.6 Å². The molecule has 0 aromatic heterocycles. The van der Waals surface area contributed by atoms with E-state index >= 15 is 0 Å². The molecule has 0 atom stereocenters. The van der Waals surface area contributed by atoms with Crippen LogP contribution in [0, 0.1) is 15.9 Å². The second kappa shape index (κ2) is 8.38. The molecule has 134 valence electrons. The number of carbonyl (C=O) groups is 2. The number of amides is 2. The standard InChI is InChI=1S/C17H14FN3O5/c1-26-17(23)20-15-10-12(5-8-14(15)18)19-16(22)9-4-11-2-6-13(7-3-11)21(24)25/h2-10H,1H3,(H,19,22)(H,20,23)/b9-4+. The Kier molecular flexibility index (Phi) is 5.99. The van der Waals surface area contributed by atoms with Crippen LogP contribution >= 0.6 is 0 Å². The van der Waals surface area contributed by atoms with Crippen LogP contribution in [0.4, 0.5) is 26.2 Å². The zero-order valence-electron chi connectivity index (χ0n) is 13.6. The van der Waals surface area contributed by atoms with Crippen LogP contribution in [0.3, 0.4) is 0 Å². The topological polar surface area (TPSA) is 111 Å². The molecule has 26 heavy (non-hydrogen) atoms. The summed E-state index contributed by atoms with van der Waals surface area (Å²) >= 11 is 0. The van der Waals surface area contributed by atoms with Crippen molar-refractivity contribution in [3.63, 3.8) is 0 Å². The third kappa shape index (κ3) is 5.13. The zero-order valence-corrected chi connectivity index (χ0v) is 13.6. The number of anilines is 2. The molecule has 2 amide bonds. The molecule has 0 saturated heterocycles. The van der Waals surface area contributed by atoms with Crippen molar-refractivity contribution in [2.24, 2.45) is 0 Å². The van der Waals surface area contributed by atoms with Crippen LogP contribution in [0.2, 0.25) is 0 Å². The van der Waals surface area contributed by atoms with E-state index < -0.39 is 22.7 Å². The van der Waals surface area contributed by atoms with E-state index in [1.165, 1.54) is 48.6 Å². The molecule has 0 unspecified atom stereocenters. The first-order chi connectivity index (χ1) is 12.4. The zero-order chi connectivity index (χ0) is 19.1. The predicted octanol–water partition coefficient (Wildman–Crippen LogP) is 3.56. The van der Waals surface area contributed by atoms with Crippen LogP contribution in [-0.4, -0.2) is 24.0 Å². The molecule has 2 rings (SSSR count). The van der Waals surface area contributed by atoms with Gasteiger partial charge in [0.05, 0.1) is 17.7 Å². The second-order valence-electron chi connectivity index (χ2n) is 4.98. The van der Waals surface area contributed by atoms with E-state index in [2.05, 4.69) is 15.4 Å². The van der Waals surface area contributed by atoms with Crippen molar-refractivity contribution >= 4 is 35.1 Å². The molecule has 0 bridgehead atoms. The highest BCUT2D eigenvalue weighted by atomic mass is 19.1. The summed E-state index contributed by atoms with van der Waals surface area (Å²) in [6, 6.07) is 9.29. The number of methoxy groups -OCH3 is 1. The molecule has 0 aliphatic rings. The van der Waals surface area contributed by atoms with Crippen LogP contribution in [0.1, 0.15) is 5.56 Å². The smallest absolute Gasteiger partial charge is 0.411 e. The van der Waals surface area contributed by atoms with Crippen LogP contribution in [0.5, 0.6) is 0 Å². The Hall–Kier alpha value is -3.75. The van der Waals surface area contributed by atoms with Crippen molar-refractivity contribution in [2.75, 3.05) is 17.7 Å². The largest absolute Gasteiger partial charge is 0.453 e. The van der Waals surface area contributed by atoms with E-state index in [1.807, 2.05) is 0 Å². The van der Waals surface area contributed by atoms with Crippen LogP contribution < -0.4 is 10.6 Å². The Morgan fingerprint density at radius 3 is 2.46 bits per heavy atom. The summed E-state index contributed by atoms with van der Waals surface area (Å²) in [5.74, 6) is -1.19. The summed E-state index contributed by atoms with van der Waals surface area (Å²) in [4.78, 5) is 33.1. The number of nitrogens with zero attached hydrogens (tertiary/aromatic N) is 1. The predicted molar refractivity (Wildman–Crippen MR) is 93.2 cm³/mol. The van der Waals surface area contributed by atoms with Gasteiger partial charge in [-0.15, -0.1) is 0 Å². The number of ether oxygens (including phenoxy) is 1. The first-order valence-corrected chi connectivity index (χ1v) is 7.27. The van der Waals surface area contributed by atoms with Gasteiger partial charge >= 0.3 is 6.09 Å². The van der Waals surface area contributed by atoms with Gasteiger partial charge in [-0.2, -0.15) is 0 Å². The van der Waals surface area contributed by atoms with Crippen LogP contribution in [0.25, 0.3) is 6.08 Å². The fourth-order valence-electron chi connectivity index (χ4n) is 1.92. The van der Waals surface area contributed by atoms with Gasteiger partial charge in [0.1, 0.15) is 5.82 Å². The van der Waals surface area contributed by atoms with E-state index in [0.717, 1.165) is 13.2 Å². The lowest BCUT2D eigenvalue weighted by Gasteiger charge is -2.08. The third-order valence-corrected chi connectivity index (χ3v) is 3.19. The van der Waals surface area contributed by atoms with Gasteiger partial charge in [-0.3, -0.25) is 20.2 Å². The minimum atomic E-state index is -0.842. The molecule has 0 heterocycles. The molecule has 0 radical (unpaired) electrons. The Balaban J connectivity index is 2.04. The first kappa shape index (κ1) is 18.6.